The number of aryl methyl sites for hydroxylation is 1. The van der Waals surface area contributed by atoms with Crippen molar-refractivity contribution in [3.63, 3.8) is 0 Å². The quantitative estimate of drug-likeness (QED) is 0.855. The summed E-state index contributed by atoms with van der Waals surface area (Å²) in [6, 6.07) is 6.60. The van der Waals surface area contributed by atoms with Crippen LogP contribution in [0.25, 0.3) is 0 Å². The average molecular weight is 349 g/mol. The van der Waals surface area contributed by atoms with Crippen LogP contribution in [0.15, 0.2) is 30.5 Å². The second-order valence-electron chi connectivity index (χ2n) is 5.81. The maximum atomic E-state index is 13.3. The number of hydrogen-bond acceptors (Lipinski definition) is 4. The number of rotatable bonds is 3. The smallest absolute Gasteiger partial charge is 0.274 e. The molecule has 1 saturated heterocycles. The molecule has 3 rings (SSSR count). The maximum absolute atomic E-state index is 13.3. The first-order valence-corrected chi connectivity index (χ1v) is 8.16. The van der Waals surface area contributed by atoms with Crippen LogP contribution in [0.2, 0.25) is 5.02 Å². The van der Waals surface area contributed by atoms with Gasteiger partial charge in [0.1, 0.15) is 11.6 Å². The highest BCUT2D eigenvalue weighted by atomic mass is 35.5. The molecular formula is C17H18ClFN4O. The fraction of sp³-hybridized carbons (Fsp3) is 0.353. The zero-order chi connectivity index (χ0) is 17.1. The molecule has 1 aliphatic rings. The highest BCUT2D eigenvalue weighted by molar-refractivity contribution is 6.33. The van der Waals surface area contributed by atoms with Crippen molar-refractivity contribution >= 4 is 17.5 Å². The second kappa shape index (κ2) is 7.23. The molecule has 5 nitrogen and oxygen atoms in total. The highest BCUT2D eigenvalue weighted by Crippen LogP contribution is 2.16. The molecule has 7 heteroatoms. The lowest BCUT2D eigenvalue weighted by molar-refractivity contribution is 0.0622. The number of amides is 1. The highest BCUT2D eigenvalue weighted by Gasteiger charge is 2.25. The number of halogens is 2. The van der Waals surface area contributed by atoms with Crippen molar-refractivity contribution in [1.29, 1.82) is 0 Å². The van der Waals surface area contributed by atoms with E-state index in [0.717, 1.165) is 18.7 Å². The van der Waals surface area contributed by atoms with Crippen molar-refractivity contribution in [2.75, 3.05) is 26.2 Å². The van der Waals surface area contributed by atoms with Crippen LogP contribution in [0.1, 0.15) is 21.9 Å². The van der Waals surface area contributed by atoms with Crippen LogP contribution in [-0.2, 0) is 6.54 Å². The molecule has 1 fully saturated rings. The van der Waals surface area contributed by atoms with E-state index in [1.807, 2.05) is 6.07 Å². The SMILES string of the molecule is Cc1ncc(Cl)c(C(=O)N2CCN(Cc3cccc(F)c3)CC2)n1. The van der Waals surface area contributed by atoms with Gasteiger partial charge in [-0.1, -0.05) is 23.7 Å². The van der Waals surface area contributed by atoms with Crippen LogP contribution < -0.4 is 0 Å². The molecule has 1 aromatic carbocycles. The minimum absolute atomic E-state index is 0.170. The lowest BCUT2D eigenvalue weighted by atomic mass is 10.2. The maximum Gasteiger partial charge on any atom is 0.274 e. The van der Waals surface area contributed by atoms with Crippen molar-refractivity contribution in [2.45, 2.75) is 13.5 Å². The van der Waals surface area contributed by atoms with Crippen LogP contribution in [0.3, 0.4) is 0 Å². The predicted octanol–water partition coefficient (Wildman–Crippen LogP) is 2.54. The molecule has 0 bridgehead atoms. The molecule has 2 aromatic rings. The Bertz CT molecular complexity index is 747. The van der Waals surface area contributed by atoms with Crippen LogP contribution >= 0.6 is 11.6 Å². The number of carbonyl (C=O) groups is 1. The normalized spacial score (nSPS) is 15.5. The van der Waals surface area contributed by atoms with E-state index in [9.17, 15) is 9.18 Å². The lowest BCUT2D eigenvalue weighted by Gasteiger charge is -2.34. The van der Waals surface area contributed by atoms with E-state index in [1.165, 1.54) is 12.3 Å². The molecule has 1 aliphatic heterocycles. The zero-order valence-electron chi connectivity index (χ0n) is 13.4. The van der Waals surface area contributed by atoms with Gasteiger partial charge in [0.15, 0.2) is 5.69 Å². The summed E-state index contributed by atoms with van der Waals surface area (Å²) in [5.74, 6) is 0.124. The van der Waals surface area contributed by atoms with Gasteiger partial charge in [-0.15, -0.1) is 0 Å². The van der Waals surface area contributed by atoms with Crippen LogP contribution in [0, 0.1) is 12.7 Å². The van der Waals surface area contributed by atoms with Gasteiger partial charge in [-0.3, -0.25) is 9.69 Å². The summed E-state index contributed by atoms with van der Waals surface area (Å²) in [6.07, 6.45) is 1.46. The van der Waals surface area contributed by atoms with Gasteiger partial charge in [-0.25, -0.2) is 14.4 Å². The molecule has 0 spiro atoms. The Morgan fingerprint density at radius 2 is 2.04 bits per heavy atom. The molecule has 0 aliphatic carbocycles. The minimum Gasteiger partial charge on any atom is -0.335 e. The first-order valence-electron chi connectivity index (χ1n) is 7.78. The number of piperazine rings is 1. The fourth-order valence-corrected chi connectivity index (χ4v) is 2.93. The summed E-state index contributed by atoms with van der Waals surface area (Å²) in [7, 11) is 0. The number of nitrogens with zero attached hydrogens (tertiary/aromatic N) is 4. The molecule has 0 atom stereocenters. The first kappa shape index (κ1) is 16.8. The molecule has 0 radical (unpaired) electrons. The fourth-order valence-electron chi connectivity index (χ4n) is 2.76. The van der Waals surface area contributed by atoms with Gasteiger partial charge in [-0.05, 0) is 24.6 Å². The summed E-state index contributed by atoms with van der Waals surface area (Å²) in [4.78, 5) is 24.6. The molecule has 0 saturated carbocycles. The van der Waals surface area contributed by atoms with Gasteiger partial charge in [-0.2, -0.15) is 0 Å². The van der Waals surface area contributed by atoms with E-state index in [2.05, 4.69) is 14.9 Å². The number of hydrogen-bond donors (Lipinski definition) is 0. The van der Waals surface area contributed by atoms with Crippen molar-refractivity contribution in [2.24, 2.45) is 0 Å². The van der Waals surface area contributed by atoms with Crippen LogP contribution in [0.5, 0.6) is 0 Å². The predicted molar refractivity (Wildman–Crippen MR) is 89.4 cm³/mol. The Labute approximate surface area is 145 Å². The van der Waals surface area contributed by atoms with Gasteiger partial charge in [0.05, 0.1) is 11.2 Å². The molecule has 2 heterocycles. The molecule has 126 valence electrons. The Morgan fingerprint density at radius 3 is 2.75 bits per heavy atom. The standard InChI is InChI=1S/C17H18ClFN4O/c1-12-20-10-15(18)16(21-12)17(24)23-7-5-22(6-8-23)11-13-3-2-4-14(19)9-13/h2-4,9-10H,5-8,11H2,1H3. The summed E-state index contributed by atoms with van der Waals surface area (Å²) < 4.78 is 13.3. The van der Waals surface area contributed by atoms with Gasteiger partial charge < -0.3 is 4.90 Å². The van der Waals surface area contributed by atoms with E-state index in [-0.39, 0.29) is 22.4 Å². The largest absolute Gasteiger partial charge is 0.335 e. The van der Waals surface area contributed by atoms with Crippen molar-refractivity contribution in [1.82, 2.24) is 19.8 Å². The Kier molecular flexibility index (Phi) is 5.06. The zero-order valence-corrected chi connectivity index (χ0v) is 14.1. The third-order valence-electron chi connectivity index (χ3n) is 4.02. The number of benzene rings is 1. The monoisotopic (exact) mass is 348 g/mol. The molecule has 1 amide bonds. The first-order chi connectivity index (χ1) is 11.5. The van der Waals surface area contributed by atoms with Crippen LogP contribution in [-0.4, -0.2) is 51.9 Å². The van der Waals surface area contributed by atoms with E-state index in [1.54, 1.807) is 24.0 Å². The lowest BCUT2D eigenvalue weighted by Crippen LogP contribution is -2.48. The van der Waals surface area contributed by atoms with E-state index in [4.69, 9.17) is 11.6 Å². The van der Waals surface area contributed by atoms with Crippen molar-refractivity contribution < 1.29 is 9.18 Å². The van der Waals surface area contributed by atoms with Crippen molar-refractivity contribution in [3.05, 3.63) is 58.4 Å². The van der Waals surface area contributed by atoms with Crippen LogP contribution in [0.4, 0.5) is 4.39 Å². The minimum atomic E-state index is -0.227. The topological polar surface area (TPSA) is 49.3 Å². The van der Waals surface area contributed by atoms with E-state index in [0.29, 0.717) is 25.5 Å². The summed E-state index contributed by atoms with van der Waals surface area (Å²) in [6.45, 7) is 5.03. The third-order valence-corrected chi connectivity index (χ3v) is 4.30. The molecular weight excluding hydrogens is 331 g/mol. The van der Waals surface area contributed by atoms with Gasteiger partial charge in [0.25, 0.3) is 5.91 Å². The number of carbonyl (C=O) groups excluding carboxylic acids is 1. The van der Waals surface area contributed by atoms with Gasteiger partial charge in [0.2, 0.25) is 0 Å². The van der Waals surface area contributed by atoms with Gasteiger partial charge >= 0.3 is 0 Å². The molecule has 1 aromatic heterocycles. The summed E-state index contributed by atoms with van der Waals surface area (Å²) >= 11 is 6.04. The molecule has 0 unspecified atom stereocenters. The Hall–Kier alpha value is -2.05. The average Bonchev–Trinajstić information content (AvgIpc) is 2.57. The second-order valence-corrected chi connectivity index (χ2v) is 6.22. The molecule has 0 N–H and O–H groups in total. The Morgan fingerprint density at radius 1 is 1.29 bits per heavy atom. The molecule has 24 heavy (non-hydrogen) atoms. The van der Waals surface area contributed by atoms with E-state index >= 15 is 0 Å². The van der Waals surface area contributed by atoms with Crippen molar-refractivity contribution in [3.8, 4) is 0 Å². The van der Waals surface area contributed by atoms with E-state index < -0.39 is 0 Å². The Balaban J connectivity index is 1.60. The third kappa shape index (κ3) is 3.88. The summed E-state index contributed by atoms with van der Waals surface area (Å²) in [5.41, 5.74) is 1.19. The summed E-state index contributed by atoms with van der Waals surface area (Å²) in [5, 5.41) is 0.271. The van der Waals surface area contributed by atoms with Gasteiger partial charge in [0, 0.05) is 32.7 Å². The number of aromatic nitrogens is 2.